The molecular weight excluding hydrogens is 318 g/mol. The van der Waals surface area contributed by atoms with Gasteiger partial charge >= 0.3 is 0 Å². The van der Waals surface area contributed by atoms with Gasteiger partial charge < -0.3 is 14.6 Å². The summed E-state index contributed by atoms with van der Waals surface area (Å²) in [5.74, 6) is 0.975. The van der Waals surface area contributed by atoms with Gasteiger partial charge in [-0.3, -0.25) is 14.5 Å². The lowest BCUT2D eigenvalue weighted by molar-refractivity contribution is -0.139. The second-order valence-corrected chi connectivity index (χ2v) is 7.25. The molecule has 2 atom stereocenters. The fourth-order valence-corrected chi connectivity index (χ4v) is 3.64. The van der Waals surface area contributed by atoms with Crippen molar-refractivity contribution in [1.29, 1.82) is 0 Å². The molecule has 3 aliphatic heterocycles. The molecule has 0 aromatic carbocycles. The molecule has 0 radical (unpaired) electrons. The van der Waals surface area contributed by atoms with Crippen LogP contribution in [0.1, 0.15) is 32.4 Å². The zero-order chi connectivity index (χ0) is 17.8. The SMILES string of the molecule is CC(C)=CCN1C(=O)[C@H]2CC[C@@H]1CN(CC(=O)NCc1ccco1)C2. The smallest absolute Gasteiger partial charge is 0.234 e. The first-order valence-electron chi connectivity index (χ1n) is 8.98. The van der Waals surface area contributed by atoms with Gasteiger partial charge in [-0.05, 0) is 38.8 Å². The molecule has 6 nitrogen and oxygen atoms in total. The van der Waals surface area contributed by atoms with E-state index in [2.05, 4.69) is 30.1 Å². The third kappa shape index (κ3) is 4.51. The Kier molecular flexibility index (Phi) is 5.58. The monoisotopic (exact) mass is 345 g/mol. The summed E-state index contributed by atoms with van der Waals surface area (Å²) in [5, 5.41) is 2.88. The van der Waals surface area contributed by atoms with Crippen LogP contribution in [0.2, 0.25) is 0 Å². The number of piperidine rings is 1. The summed E-state index contributed by atoms with van der Waals surface area (Å²) in [4.78, 5) is 29.0. The number of hydrogen-bond acceptors (Lipinski definition) is 4. The Morgan fingerprint density at radius 3 is 2.92 bits per heavy atom. The summed E-state index contributed by atoms with van der Waals surface area (Å²) in [6.45, 7) is 6.96. The highest BCUT2D eigenvalue weighted by molar-refractivity contribution is 5.81. The van der Waals surface area contributed by atoms with Gasteiger partial charge in [0.1, 0.15) is 5.76 Å². The van der Waals surface area contributed by atoms with Crippen molar-refractivity contribution in [2.45, 2.75) is 39.3 Å². The summed E-state index contributed by atoms with van der Waals surface area (Å²) in [5.41, 5.74) is 1.22. The van der Waals surface area contributed by atoms with Gasteiger partial charge in [-0.25, -0.2) is 0 Å². The van der Waals surface area contributed by atoms with E-state index < -0.39 is 0 Å². The van der Waals surface area contributed by atoms with E-state index in [1.165, 1.54) is 5.57 Å². The van der Waals surface area contributed by atoms with Crippen LogP contribution >= 0.6 is 0 Å². The van der Waals surface area contributed by atoms with Crippen LogP contribution in [0.4, 0.5) is 0 Å². The quantitative estimate of drug-likeness (QED) is 0.798. The van der Waals surface area contributed by atoms with E-state index in [1.807, 2.05) is 11.0 Å². The van der Waals surface area contributed by atoms with Crippen LogP contribution in [0.25, 0.3) is 0 Å². The van der Waals surface area contributed by atoms with Crippen molar-refractivity contribution in [3.63, 3.8) is 0 Å². The molecule has 1 N–H and O–H groups in total. The fourth-order valence-electron chi connectivity index (χ4n) is 3.64. The number of nitrogens with zero attached hydrogens (tertiary/aromatic N) is 2. The highest BCUT2D eigenvalue weighted by Crippen LogP contribution is 2.29. The van der Waals surface area contributed by atoms with Gasteiger partial charge in [0.2, 0.25) is 11.8 Å². The largest absolute Gasteiger partial charge is 0.467 e. The van der Waals surface area contributed by atoms with Gasteiger partial charge in [-0.1, -0.05) is 11.6 Å². The zero-order valence-electron chi connectivity index (χ0n) is 15.0. The van der Waals surface area contributed by atoms with Crippen molar-refractivity contribution in [3.8, 4) is 0 Å². The molecule has 2 bridgehead atoms. The molecule has 2 amide bonds. The van der Waals surface area contributed by atoms with E-state index in [9.17, 15) is 9.59 Å². The van der Waals surface area contributed by atoms with Crippen molar-refractivity contribution in [3.05, 3.63) is 35.8 Å². The van der Waals surface area contributed by atoms with Gasteiger partial charge in [0.05, 0.1) is 25.3 Å². The fraction of sp³-hybridized carbons (Fsp3) is 0.579. The molecule has 3 fully saturated rings. The number of amides is 2. The molecule has 1 aromatic rings. The van der Waals surface area contributed by atoms with Crippen LogP contribution in [0.15, 0.2) is 34.5 Å². The second-order valence-electron chi connectivity index (χ2n) is 7.25. The maximum atomic E-state index is 12.7. The Morgan fingerprint density at radius 2 is 2.20 bits per heavy atom. The first-order chi connectivity index (χ1) is 12.0. The highest BCUT2D eigenvalue weighted by atomic mass is 16.3. The minimum Gasteiger partial charge on any atom is -0.467 e. The summed E-state index contributed by atoms with van der Waals surface area (Å²) in [6.07, 6.45) is 5.66. The molecule has 0 saturated carbocycles. The highest BCUT2D eigenvalue weighted by Gasteiger charge is 2.40. The lowest BCUT2D eigenvalue weighted by Crippen LogP contribution is -2.48. The van der Waals surface area contributed by atoms with Crippen molar-refractivity contribution in [2.24, 2.45) is 5.92 Å². The van der Waals surface area contributed by atoms with E-state index in [0.29, 0.717) is 26.2 Å². The minimum atomic E-state index is -0.0269. The van der Waals surface area contributed by atoms with Crippen LogP contribution in [0.5, 0.6) is 0 Å². The van der Waals surface area contributed by atoms with Crippen molar-refractivity contribution in [2.75, 3.05) is 26.2 Å². The third-order valence-corrected chi connectivity index (χ3v) is 4.97. The van der Waals surface area contributed by atoms with Gasteiger partial charge in [0, 0.05) is 25.7 Å². The summed E-state index contributed by atoms with van der Waals surface area (Å²) in [7, 11) is 0. The number of allylic oxidation sites excluding steroid dienone is 1. The molecule has 25 heavy (non-hydrogen) atoms. The molecule has 0 spiro atoms. The lowest BCUT2D eigenvalue weighted by atomic mass is 9.94. The van der Waals surface area contributed by atoms with E-state index in [-0.39, 0.29) is 23.8 Å². The normalized spacial score (nSPS) is 23.4. The standard InChI is InChI=1S/C19H27N3O3/c1-14(2)7-8-22-16-6-5-15(19(22)24)11-21(12-16)13-18(23)20-10-17-4-3-9-25-17/h3-4,7,9,15-16H,5-6,8,10-13H2,1-2H3,(H,20,23)/t15-,16+/m0/s1. The number of nitrogens with one attached hydrogen (secondary N) is 1. The molecule has 0 aliphatic carbocycles. The molecule has 6 heteroatoms. The van der Waals surface area contributed by atoms with Crippen LogP contribution < -0.4 is 5.32 Å². The number of furan rings is 1. The maximum Gasteiger partial charge on any atom is 0.234 e. The Bertz CT molecular complexity index is 634. The zero-order valence-corrected chi connectivity index (χ0v) is 15.0. The Labute approximate surface area is 148 Å². The van der Waals surface area contributed by atoms with Crippen LogP contribution in [-0.2, 0) is 16.1 Å². The molecule has 4 rings (SSSR count). The lowest BCUT2D eigenvalue weighted by Gasteiger charge is -2.35. The van der Waals surface area contributed by atoms with Crippen LogP contribution in [0, 0.1) is 5.92 Å². The number of carbonyl (C=O) groups is 2. The number of fused-ring (bicyclic) bond motifs is 4. The molecule has 1 aromatic heterocycles. The maximum absolute atomic E-state index is 12.7. The Hall–Kier alpha value is -2.08. The average Bonchev–Trinajstić information content (AvgIpc) is 2.96. The average molecular weight is 345 g/mol. The number of rotatable bonds is 6. The topological polar surface area (TPSA) is 65.8 Å². The summed E-state index contributed by atoms with van der Waals surface area (Å²) in [6, 6.07) is 3.85. The molecule has 3 saturated heterocycles. The Morgan fingerprint density at radius 1 is 1.36 bits per heavy atom. The van der Waals surface area contributed by atoms with E-state index in [0.717, 1.165) is 25.1 Å². The van der Waals surface area contributed by atoms with Crippen LogP contribution in [-0.4, -0.2) is 53.8 Å². The molecular formula is C19H27N3O3. The summed E-state index contributed by atoms with van der Waals surface area (Å²) >= 11 is 0. The predicted molar refractivity (Wildman–Crippen MR) is 94.7 cm³/mol. The molecule has 4 heterocycles. The van der Waals surface area contributed by atoms with Gasteiger partial charge in [-0.15, -0.1) is 0 Å². The molecule has 0 unspecified atom stereocenters. The van der Waals surface area contributed by atoms with E-state index >= 15 is 0 Å². The molecule has 3 aliphatic rings. The van der Waals surface area contributed by atoms with Gasteiger partial charge in [0.15, 0.2) is 0 Å². The van der Waals surface area contributed by atoms with Crippen molar-refractivity contribution in [1.82, 2.24) is 15.1 Å². The third-order valence-electron chi connectivity index (χ3n) is 4.97. The minimum absolute atomic E-state index is 0.0159. The first kappa shape index (κ1) is 17.7. The number of hydrogen-bond donors (Lipinski definition) is 1. The van der Waals surface area contributed by atoms with Crippen LogP contribution in [0.3, 0.4) is 0 Å². The van der Waals surface area contributed by atoms with Crippen molar-refractivity contribution < 1.29 is 14.0 Å². The first-order valence-corrected chi connectivity index (χ1v) is 8.98. The second kappa shape index (κ2) is 7.87. The summed E-state index contributed by atoms with van der Waals surface area (Å²) < 4.78 is 5.23. The predicted octanol–water partition coefficient (Wildman–Crippen LogP) is 1.78. The van der Waals surface area contributed by atoms with E-state index in [1.54, 1.807) is 12.3 Å². The van der Waals surface area contributed by atoms with Gasteiger partial charge in [-0.2, -0.15) is 0 Å². The number of carbonyl (C=O) groups excluding carboxylic acids is 2. The van der Waals surface area contributed by atoms with Crippen molar-refractivity contribution >= 4 is 11.8 Å². The molecule has 136 valence electrons. The van der Waals surface area contributed by atoms with E-state index in [4.69, 9.17) is 4.42 Å². The Balaban J connectivity index is 1.56. The van der Waals surface area contributed by atoms with Gasteiger partial charge in [0.25, 0.3) is 0 Å².